The van der Waals surface area contributed by atoms with Crippen LogP contribution < -0.4 is 11.1 Å². The number of carbonyl (C=O) groups is 1. The van der Waals surface area contributed by atoms with E-state index in [0.717, 1.165) is 11.3 Å². The molecule has 0 fully saturated rings. The van der Waals surface area contributed by atoms with Gasteiger partial charge in [-0.1, -0.05) is 29.3 Å². The van der Waals surface area contributed by atoms with Crippen molar-refractivity contribution in [1.82, 2.24) is 9.88 Å². The van der Waals surface area contributed by atoms with Gasteiger partial charge in [-0.05, 0) is 56.7 Å². The van der Waals surface area contributed by atoms with Crippen LogP contribution >= 0.6 is 23.2 Å². The predicted octanol–water partition coefficient (Wildman–Crippen LogP) is 4.65. The lowest BCUT2D eigenvalue weighted by atomic mass is 10.1. The standard InChI is InChI=1S/C20H20Cl2N4O/c1-11-9-12(2)24-17(10-11)25-16-7-8-26(13(3)19(16)23)20(27)14-5-4-6-15(21)18(14)22/h4-10,13H,23H2,1-3H3,(H,24,25). The van der Waals surface area contributed by atoms with E-state index in [4.69, 9.17) is 28.9 Å². The Balaban J connectivity index is 1.85. The molecule has 2 heterocycles. The summed E-state index contributed by atoms with van der Waals surface area (Å²) in [5.74, 6) is 0.442. The smallest absolute Gasteiger partial charge is 0.259 e. The van der Waals surface area contributed by atoms with Gasteiger partial charge in [-0.3, -0.25) is 4.79 Å². The van der Waals surface area contributed by atoms with Crippen LogP contribution in [0.25, 0.3) is 0 Å². The van der Waals surface area contributed by atoms with Crippen LogP contribution in [0.3, 0.4) is 0 Å². The number of hydrogen-bond acceptors (Lipinski definition) is 4. The molecule has 3 N–H and O–H groups in total. The summed E-state index contributed by atoms with van der Waals surface area (Å²) in [5, 5.41) is 3.80. The first kappa shape index (κ1) is 19.3. The van der Waals surface area contributed by atoms with E-state index in [0.29, 0.717) is 27.8 Å². The van der Waals surface area contributed by atoms with Gasteiger partial charge in [-0.15, -0.1) is 0 Å². The highest BCUT2D eigenvalue weighted by atomic mass is 35.5. The topological polar surface area (TPSA) is 71.2 Å². The molecule has 1 aliphatic rings. The van der Waals surface area contributed by atoms with Crippen molar-refractivity contribution >= 4 is 34.9 Å². The van der Waals surface area contributed by atoms with Crippen molar-refractivity contribution in [2.75, 3.05) is 5.32 Å². The highest BCUT2D eigenvalue weighted by Gasteiger charge is 2.27. The number of hydrogen-bond donors (Lipinski definition) is 2. The molecule has 1 atom stereocenters. The second-order valence-corrected chi connectivity index (χ2v) is 7.26. The van der Waals surface area contributed by atoms with Crippen LogP contribution in [0.15, 0.2) is 54.0 Å². The van der Waals surface area contributed by atoms with Crippen molar-refractivity contribution in [3.05, 3.63) is 80.9 Å². The van der Waals surface area contributed by atoms with Crippen LogP contribution in [-0.2, 0) is 0 Å². The highest BCUT2D eigenvalue weighted by molar-refractivity contribution is 6.43. The van der Waals surface area contributed by atoms with Gasteiger partial charge in [0.1, 0.15) is 5.82 Å². The molecule has 0 spiro atoms. The second kappa shape index (κ2) is 7.62. The van der Waals surface area contributed by atoms with Crippen molar-refractivity contribution in [1.29, 1.82) is 0 Å². The Kier molecular flexibility index (Phi) is 5.44. The van der Waals surface area contributed by atoms with E-state index in [-0.39, 0.29) is 17.0 Å². The van der Waals surface area contributed by atoms with Gasteiger partial charge in [0.05, 0.1) is 33.0 Å². The number of amides is 1. The first-order valence-electron chi connectivity index (χ1n) is 8.44. The minimum absolute atomic E-state index is 0.232. The molecule has 0 bridgehead atoms. The van der Waals surface area contributed by atoms with Crippen molar-refractivity contribution in [3.63, 3.8) is 0 Å². The van der Waals surface area contributed by atoms with Gasteiger partial charge < -0.3 is 16.0 Å². The minimum atomic E-state index is -0.356. The quantitative estimate of drug-likeness (QED) is 0.783. The lowest BCUT2D eigenvalue weighted by Crippen LogP contribution is -2.41. The molecule has 7 heteroatoms. The SMILES string of the molecule is Cc1cc(C)nc(NC2=C(N)C(C)N(C(=O)c3cccc(Cl)c3Cl)C=C2)c1. The number of allylic oxidation sites excluding steroid dienone is 1. The first-order chi connectivity index (χ1) is 12.8. The monoisotopic (exact) mass is 402 g/mol. The maximum Gasteiger partial charge on any atom is 0.259 e. The van der Waals surface area contributed by atoms with E-state index in [1.807, 2.05) is 32.9 Å². The van der Waals surface area contributed by atoms with Crippen LogP contribution in [0.4, 0.5) is 5.82 Å². The lowest BCUT2D eigenvalue weighted by molar-refractivity contribution is 0.0792. The minimum Gasteiger partial charge on any atom is -0.399 e. The number of aryl methyl sites for hydroxylation is 2. The second-order valence-electron chi connectivity index (χ2n) is 6.47. The van der Waals surface area contributed by atoms with Gasteiger partial charge in [0.2, 0.25) is 0 Å². The average molecular weight is 403 g/mol. The fourth-order valence-corrected chi connectivity index (χ4v) is 3.35. The molecule has 27 heavy (non-hydrogen) atoms. The summed E-state index contributed by atoms with van der Waals surface area (Å²) in [5.41, 5.74) is 9.90. The van der Waals surface area contributed by atoms with Crippen molar-refractivity contribution < 1.29 is 4.79 Å². The molecule has 0 radical (unpaired) electrons. The summed E-state index contributed by atoms with van der Waals surface area (Å²) >= 11 is 12.2. The zero-order valence-electron chi connectivity index (χ0n) is 15.3. The van der Waals surface area contributed by atoms with Crippen molar-refractivity contribution in [3.8, 4) is 0 Å². The maximum absolute atomic E-state index is 12.9. The van der Waals surface area contributed by atoms with Gasteiger partial charge in [-0.2, -0.15) is 0 Å². The molecule has 140 valence electrons. The van der Waals surface area contributed by atoms with Crippen molar-refractivity contribution in [2.24, 2.45) is 5.73 Å². The lowest BCUT2D eigenvalue weighted by Gasteiger charge is -2.31. The first-order valence-corrected chi connectivity index (χ1v) is 9.20. The zero-order chi connectivity index (χ0) is 19.7. The third-order valence-electron chi connectivity index (χ3n) is 4.36. The van der Waals surface area contributed by atoms with Crippen molar-refractivity contribution in [2.45, 2.75) is 26.8 Å². The Hall–Kier alpha value is -2.50. The van der Waals surface area contributed by atoms with Gasteiger partial charge in [0.25, 0.3) is 5.91 Å². The molecular formula is C20H20Cl2N4O. The molecule has 0 saturated carbocycles. The van der Waals surface area contributed by atoms with E-state index < -0.39 is 0 Å². The maximum atomic E-state index is 12.9. The van der Waals surface area contributed by atoms with Gasteiger partial charge >= 0.3 is 0 Å². The molecule has 1 aromatic carbocycles. The number of nitrogens with two attached hydrogens (primary N) is 1. The number of nitrogens with zero attached hydrogens (tertiary/aromatic N) is 2. The van der Waals surface area contributed by atoms with Crippen LogP contribution in [0.5, 0.6) is 0 Å². The Morgan fingerprint density at radius 2 is 2.00 bits per heavy atom. The molecule has 5 nitrogen and oxygen atoms in total. The fraction of sp³-hybridized carbons (Fsp3) is 0.200. The molecule has 3 rings (SSSR count). The molecule has 1 amide bonds. The number of rotatable bonds is 3. The van der Waals surface area contributed by atoms with E-state index in [2.05, 4.69) is 10.3 Å². The molecule has 1 aromatic heterocycles. The Morgan fingerprint density at radius 1 is 1.26 bits per heavy atom. The summed E-state index contributed by atoms with van der Waals surface area (Å²) in [6.07, 6.45) is 3.44. The Morgan fingerprint density at radius 3 is 2.70 bits per heavy atom. The van der Waals surface area contributed by atoms with E-state index >= 15 is 0 Å². The molecular weight excluding hydrogens is 383 g/mol. The fourth-order valence-electron chi connectivity index (χ4n) is 2.96. The largest absolute Gasteiger partial charge is 0.399 e. The van der Waals surface area contributed by atoms with Gasteiger partial charge in [0, 0.05) is 11.9 Å². The number of carbonyl (C=O) groups excluding carboxylic acids is 1. The molecule has 2 aromatic rings. The molecule has 0 saturated heterocycles. The third kappa shape index (κ3) is 3.94. The summed E-state index contributed by atoms with van der Waals surface area (Å²) < 4.78 is 0. The zero-order valence-corrected chi connectivity index (χ0v) is 16.8. The number of pyridine rings is 1. The normalized spacial score (nSPS) is 16.6. The van der Waals surface area contributed by atoms with Crippen LogP contribution in [0, 0.1) is 13.8 Å². The molecule has 1 aliphatic heterocycles. The van der Waals surface area contributed by atoms with Crippen LogP contribution in [0.2, 0.25) is 10.0 Å². The van der Waals surface area contributed by atoms with Crippen LogP contribution in [-0.4, -0.2) is 21.8 Å². The Bertz CT molecular complexity index is 948. The predicted molar refractivity (Wildman–Crippen MR) is 110 cm³/mol. The molecule has 0 aliphatic carbocycles. The number of halogens is 2. The average Bonchev–Trinajstić information content (AvgIpc) is 2.60. The third-order valence-corrected chi connectivity index (χ3v) is 5.18. The summed E-state index contributed by atoms with van der Waals surface area (Å²) in [6.45, 7) is 5.79. The summed E-state index contributed by atoms with van der Waals surface area (Å²) in [4.78, 5) is 18.9. The number of aromatic nitrogens is 1. The van der Waals surface area contributed by atoms with Gasteiger partial charge in [-0.25, -0.2) is 4.98 Å². The summed E-state index contributed by atoms with van der Waals surface area (Å²) in [7, 11) is 0. The van der Waals surface area contributed by atoms with Gasteiger partial charge in [0.15, 0.2) is 0 Å². The van der Waals surface area contributed by atoms with E-state index in [9.17, 15) is 4.79 Å². The van der Waals surface area contributed by atoms with E-state index in [1.54, 1.807) is 30.5 Å². The molecule has 1 unspecified atom stereocenters. The number of anilines is 1. The number of nitrogens with one attached hydrogen (secondary N) is 1. The van der Waals surface area contributed by atoms with Crippen LogP contribution in [0.1, 0.15) is 28.5 Å². The Labute approximate surface area is 168 Å². The highest BCUT2D eigenvalue weighted by Crippen LogP contribution is 2.29. The summed E-state index contributed by atoms with van der Waals surface area (Å²) in [6, 6.07) is 8.56. The number of benzene rings is 1. The van der Waals surface area contributed by atoms with E-state index in [1.165, 1.54) is 4.90 Å².